The number of halogens is 2. The topological polar surface area (TPSA) is 25.6 Å². The van der Waals surface area contributed by atoms with E-state index in [-0.39, 0.29) is 7.43 Å². The van der Waals surface area contributed by atoms with Gasteiger partial charge in [0, 0.05) is 58.1 Å². The Morgan fingerprint density at radius 3 is 0.853 bits per heavy atom. The Bertz CT molecular complexity index is 6180. The van der Waals surface area contributed by atoms with Gasteiger partial charge in [0.15, 0.2) is 0 Å². The average molecular weight is 1430 g/mol. The molecule has 0 spiro atoms. The van der Waals surface area contributed by atoms with Crippen molar-refractivity contribution in [1.29, 1.82) is 0 Å². The van der Waals surface area contributed by atoms with Crippen LogP contribution in [0.4, 0.5) is 0 Å². The van der Waals surface area contributed by atoms with Crippen molar-refractivity contribution in [3.8, 4) is 78.5 Å². The zero-order valence-electron chi connectivity index (χ0n) is 54.9. The van der Waals surface area contributed by atoms with E-state index in [0.717, 1.165) is 20.3 Å². The summed E-state index contributed by atoms with van der Waals surface area (Å²) in [5.74, 6) is 0. The van der Waals surface area contributed by atoms with Gasteiger partial charge in [-0.05, 0) is 130 Å². The number of hydrogen-bond donors (Lipinski definition) is 1. The third-order valence-electron chi connectivity index (χ3n) is 19.9. The molecule has 102 heavy (non-hydrogen) atoms. The predicted molar refractivity (Wildman–Crippen MR) is 445 cm³/mol. The fourth-order valence-electron chi connectivity index (χ4n) is 15.5. The largest absolute Gasteiger partial charge is 0.354 e. The van der Waals surface area contributed by atoms with E-state index in [4.69, 9.17) is 0 Å². The van der Waals surface area contributed by atoms with Crippen molar-refractivity contribution in [3.63, 3.8) is 0 Å². The number of H-pyrrole nitrogens is 1. The number of nitrogens with one attached hydrogen (secondary N) is 1. The first-order valence-corrected chi connectivity index (χ1v) is 35.9. The van der Waals surface area contributed by atoms with Crippen molar-refractivity contribution in [1.82, 2.24) is 14.1 Å². The second kappa shape index (κ2) is 27.2. The molecule has 0 bridgehead atoms. The number of aromatic nitrogens is 3. The predicted octanol–water partition coefficient (Wildman–Crippen LogP) is 28.5. The maximum Gasteiger partial charge on any atom is 0.0619 e. The van der Waals surface area contributed by atoms with Crippen LogP contribution in [0.25, 0.3) is 176 Å². The highest BCUT2D eigenvalue weighted by Crippen LogP contribution is 2.49. The van der Waals surface area contributed by atoms with Gasteiger partial charge in [0.25, 0.3) is 0 Å². The molecule has 0 saturated carbocycles. The van der Waals surface area contributed by atoms with Crippen LogP contribution in [0.1, 0.15) is 7.43 Å². The highest BCUT2D eigenvalue weighted by molar-refractivity contribution is 9.11. The molecule has 3 heterocycles. The van der Waals surface area contributed by atoms with Gasteiger partial charge in [0.2, 0.25) is 0 Å². The minimum absolute atomic E-state index is 0. The van der Waals surface area contributed by atoms with Crippen molar-refractivity contribution in [2.24, 2.45) is 0 Å². The van der Waals surface area contributed by atoms with Gasteiger partial charge >= 0.3 is 0 Å². The maximum atomic E-state index is 3.71. The number of rotatable bonds is 8. The second-order valence-electron chi connectivity index (χ2n) is 25.6. The number of fused-ring (bicyclic) bond motifs is 13. The molecule has 0 amide bonds. The van der Waals surface area contributed by atoms with E-state index in [2.05, 4.69) is 416 Å². The third kappa shape index (κ3) is 11.1. The summed E-state index contributed by atoms with van der Waals surface area (Å²) in [5.41, 5.74) is 20.4. The Morgan fingerprint density at radius 2 is 0.471 bits per heavy atom. The second-order valence-corrected chi connectivity index (χ2v) is 27.4. The molecular weight excluding hydrogens is 1370 g/mol. The Kier molecular flexibility index (Phi) is 16.9. The van der Waals surface area contributed by atoms with Crippen LogP contribution in [0.15, 0.2) is 385 Å². The molecule has 0 aliphatic carbocycles. The molecule has 0 aliphatic heterocycles. The van der Waals surface area contributed by atoms with Gasteiger partial charge in [-0.25, -0.2) is 0 Å². The van der Waals surface area contributed by atoms with Crippen LogP contribution in [-0.2, 0) is 0 Å². The quantitative estimate of drug-likeness (QED) is 0.147. The van der Waals surface area contributed by atoms with E-state index in [0.29, 0.717) is 0 Å². The molecule has 1 N–H and O–H groups in total. The molecule has 0 atom stereocenters. The number of nitrogens with zero attached hydrogens (tertiary/aromatic N) is 2. The lowest BCUT2D eigenvalue weighted by Gasteiger charge is -2.20. The molecule has 0 radical (unpaired) electrons. The summed E-state index contributed by atoms with van der Waals surface area (Å²) in [6, 6.07) is 135. The first kappa shape index (κ1) is 63.3. The van der Waals surface area contributed by atoms with Gasteiger partial charge < -0.3 is 14.1 Å². The molecule has 0 unspecified atom stereocenters. The average Bonchev–Trinajstić information content (AvgIpc) is 1.44. The van der Waals surface area contributed by atoms with Gasteiger partial charge in [-0.2, -0.15) is 0 Å². The van der Waals surface area contributed by atoms with Crippen LogP contribution in [-0.4, -0.2) is 14.1 Å². The molecular formula is C97H67Br2N3. The fourth-order valence-corrected chi connectivity index (χ4v) is 16.7. The van der Waals surface area contributed by atoms with Gasteiger partial charge in [-0.3, -0.25) is 0 Å². The van der Waals surface area contributed by atoms with Crippen molar-refractivity contribution < 1.29 is 0 Å². The van der Waals surface area contributed by atoms with Crippen LogP contribution in [0.2, 0.25) is 0 Å². The van der Waals surface area contributed by atoms with Crippen LogP contribution in [0.5, 0.6) is 0 Å². The van der Waals surface area contributed by atoms with Crippen LogP contribution in [0.3, 0.4) is 0 Å². The molecule has 17 aromatic carbocycles. The Morgan fingerprint density at radius 1 is 0.206 bits per heavy atom. The number of benzene rings is 17. The highest BCUT2D eigenvalue weighted by atomic mass is 79.9. The van der Waals surface area contributed by atoms with E-state index in [1.54, 1.807) is 0 Å². The molecule has 5 heteroatoms. The summed E-state index contributed by atoms with van der Waals surface area (Å²) >= 11 is 7.42. The summed E-state index contributed by atoms with van der Waals surface area (Å²) in [5, 5.41) is 18.7. The van der Waals surface area contributed by atoms with Crippen molar-refractivity contribution in [2.75, 3.05) is 0 Å². The lowest BCUT2D eigenvalue weighted by molar-refractivity contribution is 1.15. The van der Waals surface area contributed by atoms with E-state index in [9.17, 15) is 0 Å². The van der Waals surface area contributed by atoms with Gasteiger partial charge in [-0.15, -0.1) is 0 Å². The Hall–Kier alpha value is -12.1. The lowest BCUT2D eigenvalue weighted by atomic mass is 9.94. The lowest BCUT2D eigenvalue weighted by Crippen LogP contribution is -2.02. The van der Waals surface area contributed by atoms with Crippen LogP contribution < -0.4 is 0 Å². The zero-order chi connectivity index (χ0) is 67.3. The zero-order valence-corrected chi connectivity index (χ0v) is 58.1. The Labute approximate surface area is 609 Å². The van der Waals surface area contributed by atoms with Crippen molar-refractivity contribution in [2.45, 2.75) is 7.43 Å². The molecule has 3 nitrogen and oxygen atoms in total. The number of aromatic amines is 1. The molecule has 484 valence electrons. The van der Waals surface area contributed by atoms with Gasteiger partial charge in [0.05, 0.1) is 39.5 Å². The summed E-state index contributed by atoms with van der Waals surface area (Å²) in [6.07, 6.45) is 0. The maximum absolute atomic E-state index is 3.71. The minimum atomic E-state index is 0. The summed E-state index contributed by atoms with van der Waals surface area (Å²) < 4.78 is 7.34. The first-order valence-electron chi connectivity index (χ1n) is 34.3. The third-order valence-corrected chi connectivity index (χ3v) is 21.2. The Balaban J connectivity index is 0.000000149. The number of para-hydroxylation sites is 3. The highest BCUT2D eigenvalue weighted by Gasteiger charge is 2.27. The molecule has 0 aliphatic rings. The molecule has 20 rings (SSSR count). The van der Waals surface area contributed by atoms with E-state index >= 15 is 0 Å². The molecule has 3 aromatic heterocycles. The molecule has 20 aromatic rings. The van der Waals surface area contributed by atoms with E-state index < -0.39 is 0 Å². The van der Waals surface area contributed by atoms with Crippen LogP contribution in [0, 0.1) is 0 Å². The van der Waals surface area contributed by atoms with Gasteiger partial charge in [0.1, 0.15) is 0 Å². The summed E-state index contributed by atoms with van der Waals surface area (Å²) in [7, 11) is 0. The summed E-state index contributed by atoms with van der Waals surface area (Å²) in [6.45, 7) is 0. The van der Waals surface area contributed by atoms with E-state index in [1.807, 2.05) is 6.07 Å². The van der Waals surface area contributed by atoms with Crippen LogP contribution >= 0.6 is 31.9 Å². The van der Waals surface area contributed by atoms with Gasteiger partial charge in [-0.1, -0.05) is 373 Å². The molecule has 0 fully saturated rings. The molecule has 0 saturated heterocycles. The monoisotopic (exact) mass is 1430 g/mol. The normalized spacial score (nSPS) is 11.4. The minimum Gasteiger partial charge on any atom is -0.354 e. The van der Waals surface area contributed by atoms with Crippen molar-refractivity contribution in [3.05, 3.63) is 385 Å². The fraction of sp³-hybridized carbons (Fsp3) is 0.0103. The first-order chi connectivity index (χ1) is 50.0. The van der Waals surface area contributed by atoms with Crippen molar-refractivity contribution >= 4 is 129 Å². The number of hydrogen-bond acceptors (Lipinski definition) is 0. The standard InChI is InChI=1S/C58H38N2.C20H15N.C18H10Br2.CH4/c1-5-21-39(22-6-1)55-47-33-17-19-35-51(47)59(57(55)41-25-9-3-10-26-41)53-37-49-44-30-14-16-32-46(44)54(38-50(49)43-29-13-15-31-45(43)53)60-52-36-20-18-34-48(52)56(40-23-7-2-8-24-40)58(60)42-27-11-4-12-28-42;1-3-9-15(10-4-1)19-17-13-7-8-14-18(17)21-20(19)16-11-5-2-6-12-16;19-17-10-16-12-6-2-4-8-14(12)18(20)9-15(16)11-5-1-3-7-13(11)17;/h1-38H;1-14,21H;1-10H;1H4. The SMILES string of the molecule is Brc1cc2c3ccccc3c(Br)cc2c2ccccc12.C.c1ccc(-c2[nH]c3ccccc3c2-c2ccccc2)cc1.c1ccc(-c2c(-c3ccccc3)n(-c3cc4c5ccccc5c(-n5c(-c6ccccc6)c(-c6ccccc6)c6ccccc65)cc4c4ccccc34)c3ccccc23)cc1. The van der Waals surface area contributed by atoms with E-state index in [1.165, 1.54) is 164 Å². The smallest absolute Gasteiger partial charge is 0.0619 e. The summed E-state index contributed by atoms with van der Waals surface area (Å²) in [4.78, 5) is 3.58.